The summed E-state index contributed by atoms with van der Waals surface area (Å²) >= 11 is 0. The number of nitrogens with zero attached hydrogens (tertiary/aromatic N) is 1. The number of carboxylic acid groups (broad SMARTS) is 1. The highest BCUT2D eigenvalue weighted by Gasteiger charge is 2.41. The van der Waals surface area contributed by atoms with Crippen LogP contribution in [0.4, 0.5) is 0 Å². The van der Waals surface area contributed by atoms with Gasteiger partial charge in [0.25, 0.3) is 0 Å². The van der Waals surface area contributed by atoms with Crippen LogP contribution in [0.3, 0.4) is 0 Å². The molecule has 20 heavy (non-hydrogen) atoms. The molecule has 5 heteroatoms. The maximum atomic E-state index is 12.2. The van der Waals surface area contributed by atoms with Gasteiger partial charge in [0.2, 0.25) is 5.91 Å². The lowest BCUT2D eigenvalue weighted by Gasteiger charge is -2.29. The zero-order valence-corrected chi connectivity index (χ0v) is 12.7. The molecule has 1 amide bonds. The Hall–Kier alpha value is -1.10. The number of aliphatic carboxylic acids is 1. The van der Waals surface area contributed by atoms with Crippen LogP contribution in [0.1, 0.15) is 51.4 Å². The number of methoxy groups -OCH3 is 1. The number of carbonyl (C=O) groups is 2. The van der Waals surface area contributed by atoms with E-state index in [1.54, 1.807) is 19.1 Å². The summed E-state index contributed by atoms with van der Waals surface area (Å²) in [5, 5.41) is 9.57. The Kier molecular flexibility index (Phi) is 6.99. The van der Waals surface area contributed by atoms with Gasteiger partial charge in [0.1, 0.15) is 0 Å². The summed E-state index contributed by atoms with van der Waals surface area (Å²) in [7, 11) is 3.37. The highest BCUT2D eigenvalue weighted by Crippen LogP contribution is 2.38. The van der Waals surface area contributed by atoms with Crippen molar-refractivity contribution >= 4 is 11.9 Å². The highest BCUT2D eigenvalue weighted by atomic mass is 16.5. The van der Waals surface area contributed by atoms with Gasteiger partial charge in [-0.15, -0.1) is 0 Å². The van der Waals surface area contributed by atoms with Crippen LogP contribution in [0.2, 0.25) is 0 Å². The molecule has 1 rings (SSSR count). The van der Waals surface area contributed by atoms with E-state index in [-0.39, 0.29) is 12.3 Å². The van der Waals surface area contributed by atoms with Crippen molar-refractivity contribution in [2.24, 2.45) is 5.41 Å². The molecule has 0 aromatic heterocycles. The predicted molar refractivity (Wildman–Crippen MR) is 76.5 cm³/mol. The van der Waals surface area contributed by atoms with Gasteiger partial charge in [0.05, 0.1) is 5.41 Å². The molecule has 1 saturated carbocycles. The zero-order valence-electron chi connectivity index (χ0n) is 12.7. The van der Waals surface area contributed by atoms with Crippen molar-refractivity contribution < 1.29 is 19.4 Å². The molecule has 1 N–H and O–H groups in total. The van der Waals surface area contributed by atoms with E-state index in [0.29, 0.717) is 26.0 Å². The minimum atomic E-state index is -0.844. The fourth-order valence-corrected chi connectivity index (χ4v) is 2.87. The number of ether oxygens (including phenoxy) is 1. The van der Waals surface area contributed by atoms with E-state index in [1.165, 1.54) is 0 Å². The SMILES string of the molecule is COCCCN(C)C(=O)CC1(C(=O)O)CCCCCC1. The molecule has 0 aliphatic heterocycles. The van der Waals surface area contributed by atoms with Crippen LogP contribution in [-0.4, -0.2) is 49.2 Å². The first-order chi connectivity index (χ1) is 9.52. The first-order valence-corrected chi connectivity index (χ1v) is 7.48. The molecule has 1 fully saturated rings. The molecule has 0 aromatic carbocycles. The number of hydrogen-bond donors (Lipinski definition) is 1. The summed E-state index contributed by atoms with van der Waals surface area (Å²) in [4.78, 5) is 25.5. The van der Waals surface area contributed by atoms with Gasteiger partial charge in [-0.05, 0) is 19.3 Å². The van der Waals surface area contributed by atoms with Crippen molar-refractivity contribution in [1.29, 1.82) is 0 Å². The van der Waals surface area contributed by atoms with E-state index in [2.05, 4.69) is 0 Å². The monoisotopic (exact) mass is 285 g/mol. The summed E-state index contributed by atoms with van der Waals surface area (Å²) in [5.41, 5.74) is -0.844. The Bertz CT molecular complexity index is 322. The normalized spacial score (nSPS) is 18.3. The average Bonchev–Trinajstić information content (AvgIpc) is 2.65. The maximum Gasteiger partial charge on any atom is 0.310 e. The van der Waals surface area contributed by atoms with E-state index in [9.17, 15) is 14.7 Å². The average molecular weight is 285 g/mol. The summed E-state index contributed by atoms with van der Waals surface area (Å²) < 4.78 is 4.96. The Balaban J connectivity index is 2.60. The summed E-state index contributed by atoms with van der Waals surface area (Å²) in [6, 6.07) is 0. The predicted octanol–water partition coefficient (Wildman–Crippen LogP) is 2.30. The van der Waals surface area contributed by atoms with Crippen molar-refractivity contribution in [2.45, 2.75) is 51.4 Å². The van der Waals surface area contributed by atoms with Crippen molar-refractivity contribution in [1.82, 2.24) is 4.90 Å². The van der Waals surface area contributed by atoms with Gasteiger partial charge in [0, 0.05) is 33.7 Å². The molecule has 0 unspecified atom stereocenters. The van der Waals surface area contributed by atoms with Gasteiger partial charge in [0.15, 0.2) is 0 Å². The Morgan fingerprint density at radius 1 is 1.20 bits per heavy atom. The molecule has 0 atom stereocenters. The van der Waals surface area contributed by atoms with Crippen LogP contribution >= 0.6 is 0 Å². The topological polar surface area (TPSA) is 66.8 Å². The second-order valence-corrected chi connectivity index (χ2v) is 5.84. The lowest BCUT2D eigenvalue weighted by Crippen LogP contribution is -2.38. The molecular formula is C15H27NO4. The van der Waals surface area contributed by atoms with Gasteiger partial charge in [-0.2, -0.15) is 0 Å². The van der Waals surface area contributed by atoms with Gasteiger partial charge < -0.3 is 14.7 Å². The molecule has 5 nitrogen and oxygen atoms in total. The molecule has 0 spiro atoms. The molecule has 0 saturated heterocycles. The van der Waals surface area contributed by atoms with Crippen LogP contribution in [0.5, 0.6) is 0 Å². The number of carboxylic acids is 1. The molecule has 116 valence electrons. The third-order valence-corrected chi connectivity index (χ3v) is 4.27. The standard InChI is InChI=1S/C15H27NO4/c1-16(10-7-11-20-2)13(17)12-15(14(18)19)8-5-3-4-6-9-15/h3-12H2,1-2H3,(H,18,19). The quantitative estimate of drug-likeness (QED) is 0.575. The third-order valence-electron chi connectivity index (χ3n) is 4.27. The Labute approximate surface area is 121 Å². The molecule has 0 heterocycles. The van der Waals surface area contributed by atoms with E-state index in [0.717, 1.165) is 32.1 Å². The number of amides is 1. The minimum absolute atomic E-state index is 0.0644. The summed E-state index contributed by atoms with van der Waals surface area (Å²) in [6.07, 6.45) is 6.13. The van der Waals surface area contributed by atoms with Gasteiger partial charge in [-0.1, -0.05) is 25.7 Å². The van der Waals surface area contributed by atoms with Crippen LogP contribution in [0, 0.1) is 5.41 Å². The van der Waals surface area contributed by atoms with Gasteiger partial charge in [-0.25, -0.2) is 0 Å². The zero-order chi connectivity index (χ0) is 15.0. The van der Waals surface area contributed by atoms with Gasteiger partial charge in [-0.3, -0.25) is 9.59 Å². The first-order valence-electron chi connectivity index (χ1n) is 7.48. The van der Waals surface area contributed by atoms with Crippen LogP contribution < -0.4 is 0 Å². The lowest BCUT2D eigenvalue weighted by molar-refractivity contribution is -0.154. The summed E-state index contributed by atoms with van der Waals surface area (Å²) in [6.45, 7) is 1.23. The van der Waals surface area contributed by atoms with E-state index < -0.39 is 11.4 Å². The molecule has 1 aliphatic carbocycles. The fourth-order valence-electron chi connectivity index (χ4n) is 2.87. The second kappa shape index (κ2) is 8.25. The van der Waals surface area contributed by atoms with Gasteiger partial charge >= 0.3 is 5.97 Å². The maximum absolute atomic E-state index is 12.2. The Morgan fingerprint density at radius 2 is 1.80 bits per heavy atom. The first kappa shape index (κ1) is 17.0. The van der Waals surface area contributed by atoms with E-state index in [1.807, 2.05) is 0 Å². The van der Waals surface area contributed by atoms with Crippen molar-refractivity contribution in [3.63, 3.8) is 0 Å². The van der Waals surface area contributed by atoms with E-state index in [4.69, 9.17) is 4.74 Å². The van der Waals surface area contributed by atoms with Crippen molar-refractivity contribution in [3.8, 4) is 0 Å². The highest BCUT2D eigenvalue weighted by molar-refractivity contribution is 5.84. The van der Waals surface area contributed by atoms with Crippen molar-refractivity contribution in [3.05, 3.63) is 0 Å². The van der Waals surface area contributed by atoms with Crippen molar-refractivity contribution in [2.75, 3.05) is 27.3 Å². The molecule has 0 bridgehead atoms. The number of carbonyl (C=O) groups excluding carboxylic acids is 1. The number of hydrogen-bond acceptors (Lipinski definition) is 3. The smallest absolute Gasteiger partial charge is 0.310 e. The van der Waals surface area contributed by atoms with Crippen LogP contribution in [0.15, 0.2) is 0 Å². The Morgan fingerprint density at radius 3 is 2.30 bits per heavy atom. The largest absolute Gasteiger partial charge is 0.481 e. The molecular weight excluding hydrogens is 258 g/mol. The molecule has 1 aliphatic rings. The molecule has 0 aromatic rings. The van der Waals surface area contributed by atoms with E-state index >= 15 is 0 Å². The summed E-state index contributed by atoms with van der Waals surface area (Å²) in [5.74, 6) is -0.872. The fraction of sp³-hybridized carbons (Fsp3) is 0.867. The lowest BCUT2D eigenvalue weighted by atomic mass is 9.77. The molecule has 0 radical (unpaired) electrons. The van der Waals surface area contributed by atoms with Crippen LogP contribution in [0.25, 0.3) is 0 Å². The third kappa shape index (κ3) is 4.78. The van der Waals surface area contributed by atoms with Crippen LogP contribution in [-0.2, 0) is 14.3 Å². The second-order valence-electron chi connectivity index (χ2n) is 5.84. The number of rotatable bonds is 7. The minimum Gasteiger partial charge on any atom is -0.481 e.